The highest BCUT2D eigenvalue weighted by molar-refractivity contribution is 5.79. The number of halogens is 5. The number of carboxylic acid groups (broad SMARTS) is 1. The third-order valence-electron chi connectivity index (χ3n) is 2.68. The molecule has 0 bridgehead atoms. The van der Waals surface area contributed by atoms with Crippen molar-refractivity contribution in [1.29, 1.82) is 0 Å². The van der Waals surface area contributed by atoms with Crippen molar-refractivity contribution in [2.45, 2.75) is 31.2 Å². The molecule has 0 aliphatic heterocycles. The Morgan fingerprint density at radius 2 is 1.70 bits per heavy atom. The minimum atomic E-state index is -5.92. The maximum Gasteiger partial charge on any atom is 0.453 e. The summed E-state index contributed by atoms with van der Waals surface area (Å²) >= 11 is 0. The molecule has 1 aromatic carbocycles. The van der Waals surface area contributed by atoms with Crippen LogP contribution in [0.2, 0.25) is 0 Å². The van der Waals surface area contributed by atoms with E-state index in [0.717, 1.165) is 0 Å². The van der Waals surface area contributed by atoms with Crippen LogP contribution in [0.15, 0.2) is 30.3 Å². The number of alkyl carbamates (subject to hydrolysis) is 1. The van der Waals surface area contributed by atoms with Crippen molar-refractivity contribution >= 4 is 12.1 Å². The molecule has 1 aromatic rings. The molecule has 0 aliphatic carbocycles. The average Bonchev–Trinajstić information content (AvgIpc) is 2.44. The summed E-state index contributed by atoms with van der Waals surface area (Å²) in [6, 6.07) is 5.62. The van der Waals surface area contributed by atoms with Crippen molar-refractivity contribution in [3.63, 3.8) is 0 Å². The Labute approximate surface area is 127 Å². The largest absolute Gasteiger partial charge is 0.480 e. The number of carbonyl (C=O) groups excluding carboxylic acids is 1. The van der Waals surface area contributed by atoms with Gasteiger partial charge in [0, 0.05) is 0 Å². The van der Waals surface area contributed by atoms with Gasteiger partial charge in [-0.05, 0) is 5.56 Å². The first-order valence-corrected chi connectivity index (χ1v) is 6.17. The van der Waals surface area contributed by atoms with Crippen molar-refractivity contribution in [3.05, 3.63) is 35.9 Å². The predicted octanol–water partition coefficient (Wildman–Crippen LogP) is 2.95. The quantitative estimate of drug-likeness (QED) is 0.780. The summed E-state index contributed by atoms with van der Waals surface area (Å²) in [5, 5.41) is 10.1. The Bertz CT molecular complexity index is 547. The van der Waals surface area contributed by atoms with Crippen LogP contribution < -0.4 is 5.32 Å². The molecule has 0 heterocycles. The zero-order chi connectivity index (χ0) is 17.7. The molecule has 2 N–H and O–H groups in total. The van der Waals surface area contributed by atoms with E-state index in [1.54, 1.807) is 30.3 Å². The molecule has 0 fully saturated rings. The molecule has 0 aliphatic rings. The van der Waals surface area contributed by atoms with E-state index in [-0.39, 0.29) is 6.61 Å². The molecule has 0 radical (unpaired) electrons. The van der Waals surface area contributed by atoms with E-state index >= 15 is 0 Å². The van der Waals surface area contributed by atoms with E-state index in [9.17, 15) is 31.5 Å². The summed E-state index contributed by atoms with van der Waals surface area (Å²) in [6.45, 7) is -0.297. The molecule has 23 heavy (non-hydrogen) atoms. The van der Waals surface area contributed by atoms with Gasteiger partial charge in [0.2, 0.25) is 0 Å². The van der Waals surface area contributed by atoms with Gasteiger partial charge in [-0.3, -0.25) is 0 Å². The molecule has 1 amide bonds. The summed E-state index contributed by atoms with van der Waals surface area (Å²) in [5.74, 6) is -7.30. The van der Waals surface area contributed by atoms with Crippen LogP contribution in [0.5, 0.6) is 0 Å². The maximum atomic E-state index is 12.9. The molecule has 5 nitrogen and oxygen atoms in total. The SMILES string of the molecule is O=C(NC(CC(F)(F)C(F)(F)F)C(=O)O)OCc1ccccc1. The van der Waals surface area contributed by atoms with E-state index in [1.807, 2.05) is 0 Å². The van der Waals surface area contributed by atoms with Crippen LogP contribution in [-0.2, 0) is 16.1 Å². The van der Waals surface area contributed by atoms with Crippen molar-refractivity contribution in [2.24, 2.45) is 0 Å². The Hall–Kier alpha value is -2.39. The second kappa shape index (κ2) is 7.25. The first-order valence-electron chi connectivity index (χ1n) is 6.17. The highest BCUT2D eigenvalue weighted by Gasteiger charge is 2.59. The number of carboxylic acids is 1. The standard InChI is InChI=1S/C13H12F5NO4/c14-12(15,13(16,17)18)6-9(10(20)21)19-11(22)23-7-8-4-2-1-3-5-8/h1-5,9H,6-7H2,(H,19,22)(H,20,21). The molecular weight excluding hydrogens is 329 g/mol. The average molecular weight is 341 g/mol. The Balaban J connectivity index is 2.62. The van der Waals surface area contributed by atoms with Gasteiger partial charge in [-0.1, -0.05) is 30.3 Å². The van der Waals surface area contributed by atoms with Gasteiger partial charge in [-0.25, -0.2) is 9.59 Å². The number of carbonyl (C=O) groups is 2. The zero-order valence-electron chi connectivity index (χ0n) is 11.4. The van der Waals surface area contributed by atoms with Crippen LogP contribution in [0.1, 0.15) is 12.0 Å². The molecule has 1 unspecified atom stereocenters. The number of nitrogens with one attached hydrogen (secondary N) is 1. The van der Waals surface area contributed by atoms with Gasteiger partial charge in [-0.2, -0.15) is 22.0 Å². The second-order valence-corrected chi connectivity index (χ2v) is 4.50. The van der Waals surface area contributed by atoms with Gasteiger partial charge in [-0.15, -0.1) is 0 Å². The van der Waals surface area contributed by atoms with E-state index in [2.05, 4.69) is 4.74 Å². The number of benzene rings is 1. The molecule has 0 spiro atoms. The molecule has 0 saturated carbocycles. The minimum absolute atomic E-state index is 0.297. The number of rotatable bonds is 6. The third-order valence-corrected chi connectivity index (χ3v) is 2.68. The van der Waals surface area contributed by atoms with Crippen molar-refractivity contribution in [3.8, 4) is 0 Å². The lowest BCUT2D eigenvalue weighted by Gasteiger charge is -2.23. The lowest BCUT2D eigenvalue weighted by molar-refractivity contribution is -0.285. The van der Waals surface area contributed by atoms with Crippen LogP contribution in [-0.4, -0.2) is 35.3 Å². The fourth-order valence-electron chi connectivity index (χ4n) is 1.48. The Morgan fingerprint density at radius 1 is 1.13 bits per heavy atom. The minimum Gasteiger partial charge on any atom is -0.480 e. The van der Waals surface area contributed by atoms with Gasteiger partial charge in [0.05, 0.1) is 6.42 Å². The summed E-state index contributed by atoms with van der Waals surface area (Å²) in [7, 11) is 0. The van der Waals surface area contributed by atoms with Crippen LogP contribution in [0.4, 0.5) is 26.7 Å². The molecule has 0 saturated heterocycles. The topological polar surface area (TPSA) is 75.6 Å². The van der Waals surface area contributed by atoms with Crippen LogP contribution in [0, 0.1) is 0 Å². The second-order valence-electron chi connectivity index (χ2n) is 4.50. The molecule has 128 valence electrons. The van der Waals surface area contributed by atoms with Gasteiger partial charge in [0.25, 0.3) is 0 Å². The van der Waals surface area contributed by atoms with E-state index in [1.165, 1.54) is 5.32 Å². The van der Waals surface area contributed by atoms with E-state index < -0.39 is 36.6 Å². The molecule has 0 aromatic heterocycles. The fourth-order valence-corrected chi connectivity index (χ4v) is 1.48. The highest BCUT2D eigenvalue weighted by atomic mass is 19.4. The number of amides is 1. The zero-order valence-corrected chi connectivity index (χ0v) is 11.4. The first kappa shape index (κ1) is 18.7. The van der Waals surface area contributed by atoms with Crippen LogP contribution in [0.3, 0.4) is 0 Å². The third kappa shape index (κ3) is 5.72. The van der Waals surface area contributed by atoms with Crippen molar-refractivity contribution in [1.82, 2.24) is 5.32 Å². The molecular formula is C13H12F5NO4. The van der Waals surface area contributed by atoms with Crippen LogP contribution in [0.25, 0.3) is 0 Å². The lowest BCUT2D eigenvalue weighted by Crippen LogP contribution is -2.48. The van der Waals surface area contributed by atoms with E-state index in [0.29, 0.717) is 5.56 Å². The summed E-state index contributed by atoms with van der Waals surface area (Å²) in [6.07, 6.45) is -9.47. The predicted molar refractivity (Wildman–Crippen MR) is 66.8 cm³/mol. The Kier molecular flexibility index (Phi) is 5.88. The number of aliphatic carboxylic acids is 1. The maximum absolute atomic E-state index is 12.9. The van der Waals surface area contributed by atoms with Gasteiger partial charge >= 0.3 is 24.2 Å². The smallest absolute Gasteiger partial charge is 0.453 e. The molecule has 10 heteroatoms. The Morgan fingerprint density at radius 3 is 2.17 bits per heavy atom. The molecule has 1 rings (SSSR count). The number of ether oxygens (including phenoxy) is 1. The summed E-state index contributed by atoms with van der Waals surface area (Å²) in [5.41, 5.74) is 0.523. The number of hydrogen-bond acceptors (Lipinski definition) is 3. The van der Waals surface area contributed by atoms with E-state index in [4.69, 9.17) is 5.11 Å². The monoisotopic (exact) mass is 341 g/mol. The van der Waals surface area contributed by atoms with Gasteiger partial charge in [0.15, 0.2) is 0 Å². The first-order chi connectivity index (χ1) is 10.5. The van der Waals surface area contributed by atoms with Crippen LogP contribution >= 0.6 is 0 Å². The summed E-state index contributed by atoms with van der Waals surface area (Å²) < 4.78 is 66.5. The molecule has 1 atom stereocenters. The van der Waals surface area contributed by atoms with Gasteiger partial charge in [0.1, 0.15) is 12.6 Å². The normalized spacial score (nSPS) is 13.3. The number of hydrogen-bond donors (Lipinski definition) is 2. The van der Waals surface area contributed by atoms with Crippen molar-refractivity contribution < 1.29 is 41.4 Å². The van der Waals surface area contributed by atoms with Crippen molar-refractivity contribution in [2.75, 3.05) is 0 Å². The number of alkyl halides is 5. The fraction of sp³-hybridized carbons (Fsp3) is 0.385. The summed E-state index contributed by atoms with van der Waals surface area (Å²) in [4.78, 5) is 22.1. The highest BCUT2D eigenvalue weighted by Crippen LogP contribution is 2.38. The lowest BCUT2D eigenvalue weighted by atomic mass is 10.1. The van der Waals surface area contributed by atoms with Gasteiger partial charge < -0.3 is 15.2 Å².